The van der Waals surface area contributed by atoms with E-state index < -0.39 is 28.7 Å². The second-order valence-electron chi connectivity index (χ2n) is 8.99. The molecule has 0 spiro atoms. The average molecular weight is 519 g/mol. The summed E-state index contributed by atoms with van der Waals surface area (Å²) in [6.45, 7) is 4.42. The third-order valence-electron chi connectivity index (χ3n) is 6.20. The van der Waals surface area contributed by atoms with E-state index in [1.165, 1.54) is 18.2 Å². The van der Waals surface area contributed by atoms with E-state index in [1.807, 2.05) is 48.3 Å². The number of hydrogen-bond acceptors (Lipinski definition) is 9. The molecule has 1 heterocycles. The minimum Gasteiger partial charge on any atom is -0.464 e. The van der Waals surface area contributed by atoms with E-state index in [-0.39, 0.29) is 30.9 Å². The van der Waals surface area contributed by atoms with Gasteiger partial charge in [-0.25, -0.2) is 4.79 Å². The minimum atomic E-state index is -1.01. The molecular weight excluding hydrogens is 488 g/mol. The van der Waals surface area contributed by atoms with Gasteiger partial charge >= 0.3 is 11.9 Å². The summed E-state index contributed by atoms with van der Waals surface area (Å²) in [5.41, 5.74) is 2.25. The fraction of sp³-hybridized carbons (Fsp3) is 0.357. The van der Waals surface area contributed by atoms with Gasteiger partial charge in [0.25, 0.3) is 5.69 Å². The van der Waals surface area contributed by atoms with Crippen LogP contribution in [0.1, 0.15) is 37.3 Å². The zero-order valence-corrected chi connectivity index (χ0v) is 21.6. The number of likely N-dealkylation sites (N-methyl/N-ethyl adjacent to an activating group) is 1. The summed E-state index contributed by atoms with van der Waals surface area (Å²) in [4.78, 5) is 43.9. The molecule has 1 aliphatic rings. The predicted molar refractivity (Wildman–Crippen MR) is 140 cm³/mol. The van der Waals surface area contributed by atoms with Crippen LogP contribution in [-0.4, -0.2) is 54.3 Å². The Balaban J connectivity index is 1.86. The Bertz CT molecular complexity index is 1280. The van der Waals surface area contributed by atoms with Crippen molar-refractivity contribution in [3.63, 3.8) is 0 Å². The summed E-state index contributed by atoms with van der Waals surface area (Å²) >= 11 is 0. The molecule has 3 rings (SSSR count). The first kappa shape index (κ1) is 28.2. The van der Waals surface area contributed by atoms with Crippen molar-refractivity contribution in [1.82, 2.24) is 4.90 Å². The molecule has 0 aromatic heterocycles. The number of hydrogen-bond donors (Lipinski definition) is 0. The van der Waals surface area contributed by atoms with E-state index >= 15 is 0 Å². The standard InChI is InChI=1S/C28H30N4O6/c1-19-24(27(33)37-15-8-13-29)26(22-11-7-12-23(17-22)32(35)36)25(20(2)30-19)28(34)38-16-14-31(3)18-21-9-5-4-6-10-21/h4-7,9-12,17,24,26H,8,14-16,18H2,1-3H3. The van der Waals surface area contributed by atoms with E-state index in [9.17, 15) is 19.7 Å². The quantitative estimate of drug-likeness (QED) is 0.187. The lowest BCUT2D eigenvalue weighted by molar-refractivity contribution is -0.384. The zero-order chi connectivity index (χ0) is 27.7. The van der Waals surface area contributed by atoms with Crippen molar-refractivity contribution in [3.8, 4) is 6.07 Å². The number of nitrogens with zero attached hydrogens (tertiary/aromatic N) is 4. The van der Waals surface area contributed by atoms with Crippen molar-refractivity contribution in [2.24, 2.45) is 10.9 Å². The van der Waals surface area contributed by atoms with E-state index in [4.69, 9.17) is 14.7 Å². The number of rotatable bonds is 11. The summed E-state index contributed by atoms with van der Waals surface area (Å²) < 4.78 is 10.9. The Morgan fingerprint density at radius 2 is 1.84 bits per heavy atom. The Morgan fingerprint density at radius 1 is 1.11 bits per heavy atom. The number of nitriles is 1. The molecule has 1 aliphatic heterocycles. The van der Waals surface area contributed by atoms with Gasteiger partial charge < -0.3 is 9.47 Å². The number of carbonyl (C=O) groups excluding carboxylic acids is 2. The Hall–Kier alpha value is -4.36. The molecule has 0 amide bonds. The Labute approximate surface area is 221 Å². The molecule has 2 atom stereocenters. The molecule has 198 valence electrons. The van der Waals surface area contributed by atoms with Crippen LogP contribution < -0.4 is 0 Å². The highest BCUT2D eigenvalue weighted by atomic mass is 16.6. The lowest BCUT2D eigenvalue weighted by Crippen LogP contribution is -2.37. The maximum atomic E-state index is 13.4. The molecule has 10 nitrogen and oxygen atoms in total. The summed E-state index contributed by atoms with van der Waals surface area (Å²) in [7, 11) is 1.92. The van der Waals surface area contributed by atoms with Gasteiger partial charge in [-0.1, -0.05) is 42.5 Å². The first-order valence-corrected chi connectivity index (χ1v) is 12.2. The number of esters is 2. The molecule has 0 aliphatic carbocycles. The van der Waals surface area contributed by atoms with Crippen LogP contribution in [0.5, 0.6) is 0 Å². The highest BCUT2D eigenvalue weighted by Crippen LogP contribution is 2.41. The topological polar surface area (TPSA) is 135 Å². The average Bonchev–Trinajstić information content (AvgIpc) is 2.88. The summed E-state index contributed by atoms with van der Waals surface area (Å²) in [5, 5.41) is 20.3. The van der Waals surface area contributed by atoms with Gasteiger partial charge in [-0.05, 0) is 32.0 Å². The third kappa shape index (κ3) is 7.11. The smallest absolute Gasteiger partial charge is 0.336 e. The van der Waals surface area contributed by atoms with Gasteiger partial charge in [0.2, 0.25) is 0 Å². The highest BCUT2D eigenvalue weighted by molar-refractivity contribution is 6.07. The number of nitro benzene ring substituents is 1. The van der Waals surface area contributed by atoms with E-state index in [0.29, 0.717) is 30.1 Å². The van der Waals surface area contributed by atoms with E-state index in [1.54, 1.807) is 19.9 Å². The fourth-order valence-electron chi connectivity index (χ4n) is 4.43. The first-order chi connectivity index (χ1) is 18.2. The SMILES string of the molecule is CC1=NC(C)=C(C(=O)OCCN(C)Cc2ccccc2)C(c2cccc([N+](=O)[O-])c2)C1C(=O)OCCC#N. The molecule has 0 saturated heterocycles. The van der Waals surface area contributed by atoms with Crippen molar-refractivity contribution in [3.05, 3.63) is 87.1 Å². The number of benzene rings is 2. The van der Waals surface area contributed by atoms with Crippen LogP contribution in [-0.2, 0) is 25.6 Å². The minimum absolute atomic E-state index is 0.0103. The molecule has 2 unspecified atom stereocenters. The number of ether oxygens (including phenoxy) is 2. The number of allylic oxidation sites excluding steroid dienone is 1. The lowest BCUT2D eigenvalue weighted by Gasteiger charge is -2.31. The monoisotopic (exact) mass is 518 g/mol. The molecule has 0 fully saturated rings. The summed E-state index contributed by atoms with van der Waals surface area (Å²) in [5.74, 6) is -3.24. The summed E-state index contributed by atoms with van der Waals surface area (Å²) in [6.07, 6.45) is 0.0103. The maximum absolute atomic E-state index is 13.4. The van der Waals surface area contributed by atoms with Crippen LogP contribution in [0.2, 0.25) is 0 Å². The molecule has 0 radical (unpaired) electrons. The van der Waals surface area contributed by atoms with Crippen LogP contribution in [0.3, 0.4) is 0 Å². The molecule has 38 heavy (non-hydrogen) atoms. The van der Waals surface area contributed by atoms with E-state index in [0.717, 1.165) is 5.56 Å². The van der Waals surface area contributed by atoms with Crippen molar-refractivity contribution in [2.45, 2.75) is 32.7 Å². The van der Waals surface area contributed by atoms with Gasteiger partial charge in [-0.3, -0.25) is 24.8 Å². The van der Waals surface area contributed by atoms with Gasteiger partial charge in [-0.2, -0.15) is 5.26 Å². The molecule has 0 N–H and O–H groups in total. The number of carbonyl (C=O) groups is 2. The van der Waals surface area contributed by atoms with Gasteiger partial charge in [0.05, 0.1) is 23.0 Å². The van der Waals surface area contributed by atoms with Crippen molar-refractivity contribution < 1.29 is 24.0 Å². The van der Waals surface area contributed by atoms with Crippen molar-refractivity contribution in [1.29, 1.82) is 5.26 Å². The zero-order valence-electron chi connectivity index (χ0n) is 21.6. The van der Waals surface area contributed by atoms with Crippen LogP contribution in [0.25, 0.3) is 0 Å². The van der Waals surface area contributed by atoms with Gasteiger partial charge in [0.1, 0.15) is 19.1 Å². The first-order valence-electron chi connectivity index (χ1n) is 12.2. The van der Waals surface area contributed by atoms with E-state index in [2.05, 4.69) is 4.99 Å². The highest BCUT2D eigenvalue weighted by Gasteiger charge is 2.42. The van der Waals surface area contributed by atoms with Crippen molar-refractivity contribution in [2.75, 3.05) is 26.8 Å². The maximum Gasteiger partial charge on any atom is 0.336 e. The summed E-state index contributed by atoms with van der Waals surface area (Å²) in [6, 6.07) is 17.6. The third-order valence-corrected chi connectivity index (χ3v) is 6.20. The Morgan fingerprint density at radius 3 is 2.53 bits per heavy atom. The molecule has 0 saturated carbocycles. The molecule has 0 bridgehead atoms. The lowest BCUT2D eigenvalue weighted by atomic mass is 9.75. The van der Waals surface area contributed by atoms with Gasteiger partial charge in [-0.15, -0.1) is 0 Å². The Kier molecular flexibility index (Phi) is 9.85. The van der Waals surface area contributed by atoms with Crippen molar-refractivity contribution >= 4 is 23.3 Å². The molecule has 2 aromatic rings. The largest absolute Gasteiger partial charge is 0.464 e. The van der Waals surface area contributed by atoms with Gasteiger partial charge in [0.15, 0.2) is 0 Å². The second kappa shape index (κ2) is 13.3. The fourth-order valence-corrected chi connectivity index (χ4v) is 4.43. The number of aliphatic imine (C=N–C) groups is 1. The number of nitro groups is 1. The number of non-ortho nitro benzene ring substituents is 1. The van der Waals surface area contributed by atoms with Gasteiger partial charge in [0, 0.05) is 42.5 Å². The van der Waals surface area contributed by atoms with Crippen LogP contribution in [0.15, 0.2) is 70.9 Å². The van der Waals surface area contributed by atoms with Crippen LogP contribution in [0.4, 0.5) is 5.69 Å². The van der Waals surface area contributed by atoms with Crippen LogP contribution in [0, 0.1) is 27.4 Å². The molecular formula is C28H30N4O6. The predicted octanol–water partition coefficient (Wildman–Crippen LogP) is 4.18. The molecule has 10 heteroatoms. The normalized spacial score (nSPS) is 17.0. The molecule has 2 aromatic carbocycles. The second-order valence-corrected chi connectivity index (χ2v) is 8.99. The van der Waals surface area contributed by atoms with Crippen LogP contribution >= 0.6 is 0 Å².